The van der Waals surface area contributed by atoms with Crippen LogP contribution in [0.5, 0.6) is 0 Å². The molecule has 0 aliphatic carbocycles. The van der Waals surface area contributed by atoms with Crippen LogP contribution in [-0.4, -0.2) is 25.2 Å². The second-order valence-electron chi connectivity index (χ2n) is 4.81. The molecular weight excluding hydrogens is 216 g/mol. The number of nitrogens with one attached hydrogen (secondary N) is 2. The highest BCUT2D eigenvalue weighted by molar-refractivity contribution is 7.11. The topological polar surface area (TPSA) is 24.1 Å². The van der Waals surface area contributed by atoms with Crippen LogP contribution in [0.15, 0.2) is 12.1 Å². The molecule has 0 amide bonds. The largest absolute Gasteiger partial charge is 0.317 e. The van der Waals surface area contributed by atoms with Crippen LogP contribution in [0.1, 0.15) is 29.5 Å². The summed E-state index contributed by atoms with van der Waals surface area (Å²) in [5.41, 5.74) is 0. The Morgan fingerprint density at radius 3 is 2.81 bits per heavy atom. The quantitative estimate of drug-likeness (QED) is 0.841. The average molecular weight is 238 g/mol. The van der Waals surface area contributed by atoms with Gasteiger partial charge in [-0.1, -0.05) is 0 Å². The molecule has 0 radical (unpaired) electrons. The lowest BCUT2D eigenvalue weighted by Gasteiger charge is -2.27. The molecule has 1 atom stereocenters. The molecule has 0 saturated carbocycles. The van der Waals surface area contributed by atoms with Crippen LogP contribution in [0.4, 0.5) is 0 Å². The van der Waals surface area contributed by atoms with Gasteiger partial charge in [0, 0.05) is 21.8 Å². The standard InChI is InChI=1S/C13H22N2S/c1-10(9-13-4-3-11(2)16-13)15-12-5-7-14-8-6-12/h3-4,10,12,14-15H,5-9H2,1-2H3. The Balaban J connectivity index is 1.77. The summed E-state index contributed by atoms with van der Waals surface area (Å²) < 4.78 is 0. The minimum atomic E-state index is 0.598. The number of aryl methyl sites for hydroxylation is 1. The Morgan fingerprint density at radius 2 is 2.19 bits per heavy atom. The minimum Gasteiger partial charge on any atom is -0.317 e. The maximum atomic E-state index is 3.74. The van der Waals surface area contributed by atoms with Gasteiger partial charge in [0.05, 0.1) is 0 Å². The highest BCUT2D eigenvalue weighted by atomic mass is 32.1. The lowest BCUT2D eigenvalue weighted by atomic mass is 10.0. The molecule has 2 N–H and O–H groups in total. The van der Waals surface area contributed by atoms with E-state index in [9.17, 15) is 0 Å². The SMILES string of the molecule is Cc1ccc(CC(C)NC2CCNCC2)s1. The zero-order valence-corrected chi connectivity index (χ0v) is 11.1. The first-order chi connectivity index (χ1) is 7.74. The van der Waals surface area contributed by atoms with E-state index in [0.29, 0.717) is 6.04 Å². The van der Waals surface area contributed by atoms with E-state index in [2.05, 4.69) is 36.6 Å². The first kappa shape index (κ1) is 12.1. The van der Waals surface area contributed by atoms with Crippen molar-refractivity contribution in [2.45, 2.75) is 45.2 Å². The van der Waals surface area contributed by atoms with Crippen molar-refractivity contribution in [3.8, 4) is 0 Å². The summed E-state index contributed by atoms with van der Waals surface area (Å²) in [5, 5.41) is 7.15. The molecule has 90 valence electrons. The van der Waals surface area contributed by atoms with Crippen LogP contribution in [0, 0.1) is 6.92 Å². The molecule has 1 aromatic rings. The summed E-state index contributed by atoms with van der Waals surface area (Å²) >= 11 is 1.93. The van der Waals surface area contributed by atoms with Crippen molar-refractivity contribution in [2.75, 3.05) is 13.1 Å². The van der Waals surface area contributed by atoms with Gasteiger partial charge < -0.3 is 10.6 Å². The molecule has 2 nitrogen and oxygen atoms in total. The van der Waals surface area contributed by atoms with Gasteiger partial charge in [-0.05, 0) is 58.3 Å². The smallest absolute Gasteiger partial charge is 0.00938 e. The van der Waals surface area contributed by atoms with Gasteiger partial charge >= 0.3 is 0 Å². The third-order valence-corrected chi connectivity index (χ3v) is 4.19. The number of hydrogen-bond acceptors (Lipinski definition) is 3. The fraction of sp³-hybridized carbons (Fsp3) is 0.692. The molecule has 1 aromatic heterocycles. The van der Waals surface area contributed by atoms with Crippen molar-refractivity contribution in [3.05, 3.63) is 21.9 Å². The molecule has 1 fully saturated rings. The highest BCUT2D eigenvalue weighted by Crippen LogP contribution is 2.17. The van der Waals surface area contributed by atoms with Crippen molar-refractivity contribution in [2.24, 2.45) is 0 Å². The van der Waals surface area contributed by atoms with Gasteiger partial charge in [0.15, 0.2) is 0 Å². The normalized spacial score (nSPS) is 19.9. The molecule has 0 bridgehead atoms. The van der Waals surface area contributed by atoms with Gasteiger partial charge in [-0.2, -0.15) is 0 Å². The van der Waals surface area contributed by atoms with E-state index in [4.69, 9.17) is 0 Å². The van der Waals surface area contributed by atoms with Gasteiger partial charge in [-0.15, -0.1) is 11.3 Å². The zero-order chi connectivity index (χ0) is 11.4. The Morgan fingerprint density at radius 1 is 1.44 bits per heavy atom. The molecule has 3 heteroatoms. The Hall–Kier alpha value is -0.380. The monoisotopic (exact) mass is 238 g/mol. The highest BCUT2D eigenvalue weighted by Gasteiger charge is 2.15. The number of rotatable bonds is 4. The van der Waals surface area contributed by atoms with Gasteiger partial charge in [-0.25, -0.2) is 0 Å². The van der Waals surface area contributed by atoms with E-state index in [1.807, 2.05) is 11.3 Å². The third-order valence-electron chi connectivity index (χ3n) is 3.16. The van der Waals surface area contributed by atoms with Crippen molar-refractivity contribution in [1.82, 2.24) is 10.6 Å². The molecule has 1 aliphatic rings. The van der Waals surface area contributed by atoms with Gasteiger partial charge in [0.1, 0.15) is 0 Å². The number of piperidine rings is 1. The van der Waals surface area contributed by atoms with Crippen LogP contribution in [0.25, 0.3) is 0 Å². The Kier molecular flexibility index (Phi) is 4.38. The van der Waals surface area contributed by atoms with E-state index in [-0.39, 0.29) is 0 Å². The second-order valence-corrected chi connectivity index (χ2v) is 6.18. The van der Waals surface area contributed by atoms with Crippen LogP contribution in [-0.2, 0) is 6.42 Å². The molecule has 1 saturated heterocycles. The molecule has 1 aliphatic heterocycles. The first-order valence-corrected chi connectivity index (χ1v) is 7.08. The molecule has 1 unspecified atom stereocenters. The number of thiophene rings is 1. The lowest BCUT2D eigenvalue weighted by molar-refractivity contribution is 0.355. The van der Waals surface area contributed by atoms with E-state index in [1.54, 1.807) is 0 Å². The predicted octanol–water partition coefficient (Wildman–Crippen LogP) is 2.33. The fourth-order valence-corrected chi connectivity index (χ4v) is 3.37. The van der Waals surface area contributed by atoms with Crippen molar-refractivity contribution >= 4 is 11.3 Å². The maximum absolute atomic E-state index is 3.74. The van der Waals surface area contributed by atoms with Crippen LogP contribution in [0.2, 0.25) is 0 Å². The second kappa shape index (κ2) is 5.80. The van der Waals surface area contributed by atoms with Gasteiger partial charge in [-0.3, -0.25) is 0 Å². The third kappa shape index (κ3) is 3.58. The summed E-state index contributed by atoms with van der Waals surface area (Å²) in [6.07, 6.45) is 3.71. The molecule has 2 heterocycles. The minimum absolute atomic E-state index is 0.598. The Bertz CT molecular complexity index is 315. The first-order valence-electron chi connectivity index (χ1n) is 6.26. The fourth-order valence-electron chi connectivity index (χ4n) is 2.35. The van der Waals surface area contributed by atoms with Crippen LogP contribution >= 0.6 is 11.3 Å². The predicted molar refractivity (Wildman–Crippen MR) is 71.2 cm³/mol. The van der Waals surface area contributed by atoms with E-state index in [1.165, 1.54) is 42.1 Å². The summed E-state index contributed by atoms with van der Waals surface area (Å²) in [5.74, 6) is 0. The molecule has 2 rings (SSSR count). The molecular formula is C13H22N2S. The van der Waals surface area contributed by atoms with Crippen molar-refractivity contribution in [3.63, 3.8) is 0 Å². The summed E-state index contributed by atoms with van der Waals surface area (Å²) in [7, 11) is 0. The molecule has 0 aromatic carbocycles. The molecule has 0 spiro atoms. The van der Waals surface area contributed by atoms with E-state index in [0.717, 1.165) is 6.04 Å². The summed E-state index contributed by atoms with van der Waals surface area (Å²) in [6.45, 7) is 6.82. The maximum Gasteiger partial charge on any atom is 0.00938 e. The van der Waals surface area contributed by atoms with E-state index < -0.39 is 0 Å². The van der Waals surface area contributed by atoms with E-state index >= 15 is 0 Å². The van der Waals surface area contributed by atoms with Gasteiger partial charge in [0.2, 0.25) is 0 Å². The average Bonchev–Trinajstić information content (AvgIpc) is 2.65. The number of hydrogen-bond donors (Lipinski definition) is 2. The summed E-state index contributed by atoms with van der Waals surface area (Å²) in [4.78, 5) is 2.93. The van der Waals surface area contributed by atoms with Crippen molar-refractivity contribution < 1.29 is 0 Å². The Labute approximate surface area is 102 Å². The van der Waals surface area contributed by atoms with Crippen LogP contribution < -0.4 is 10.6 Å². The van der Waals surface area contributed by atoms with Gasteiger partial charge in [0.25, 0.3) is 0 Å². The lowest BCUT2D eigenvalue weighted by Crippen LogP contribution is -2.44. The zero-order valence-electron chi connectivity index (χ0n) is 10.3. The molecule has 16 heavy (non-hydrogen) atoms. The van der Waals surface area contributed by atoms with Crippen LogP contribution in [0.3, 0.4) is 0 Å². The van der Waals surface area contributed by atoms with Crippen molar-refractivity contribution in [1.29, 1.82) is 0 Å². The summed E-state index contributed by atoms with van der Waals surface area (Å²) in [6, 6.07) is 5.80.